The molecule has 0 radical (unpaired) electrons. The second kappa shape index (κ2) is 7.87. The summed E-state index contributed by atoms with van der Waals surface area (Å²) in [5, 5.41) is 4.10. The predicted molar refractivity (Wildman–Crippen MR) is 102 cm³/mol. The molecule has 8 nitrogen and oxygen atoms in total. The summed E-state index contributed by atoms with van der Waals surface area (Å²) in [5.74, 6) is 1.34. The molecule has 0 saturated carbocycles. The Balaban J connectivity index is 1.89. The first-order chi connectivity index (χ1) is 12.9. The summed E-state index contributed by atoms with van der Waals surface area (Å²) in [6, 6.07) is 5.20. The predicted octanol–water partition coefficient (Wildman–Crippen LogP) is 1.95. The van der Waals surface area contributed by atoms with Gasteiger partial charge in [0.05, 0.1) is 26.5 Å². The lowest BCUT2D eigenvalue weighted by Gasteiger charge is -2.29. The van der Waals surface area contributed by atoms with Crippen molar-refractivity contribution < 1.29 is 17.9 Å². The van der Waals surface area contributed by atoms with Gasteiger partial charge in [0.1, 0.15) is 11.5 Å². The van der Waals surface area contributed by atoms with Gasteiger partial charge in [-0.1, -0.05) is 0 Å². The van der Waals surface area contributed by atoms with E-state index in [0.29, 0.717) is 18.0 Å². The molecule has 0 aliphatic carbocycles. The zero-order valence-corrected chi connectivity index (χ0v) is 16.9. The van der Waals surface area contributed by atoms with Crippen molar-refractivity contribution in [2.24, 2.45) is 7.05 Å². The first-order valence-electron chi connectivity index (χ1n) is 8.79. The highest BCUT2D eigenvalue weighted by Crippen LogP contribution is 2.40. The Morgan fingerprint density at radius 1 is 1.30 bits per heavy atom. The number of aryl methyl sites for hydroxylation is 1. The van der Waals surface area contributed by atoms with Crippen molar-refractivity contribution in [3.63, 3.8) is 0 Å². The first kappa shape index (κ1) is 19.7. The van der Waals surface area contributed by atoms with Gasteiger partial charge in [0.2, 0.25) is 0 Å². The summed E-state index contributed by atoms with van der Waals surface area (Å²) in [6.45, 7) is 0.749. The Bertz CT molecular complexity index is 897. The molecular weight excluding hydrogens is 368 g/mol. The van der Waals surface area contributed by atoms with Gasteiger partial charge in [0.25, 0.3) is 10.2 Å². The average Bonchev–Trinajstić information content (AvgIpc) is 3.30. The number of methoxy groups -OCH3 is 2. The molecule has 1 aliphatic heterocycles. The molecule has 1 aromatic heterocycles. The number of nitrogens with zero attached hydrogens (tertiary/aromatic N) is 4. The molecule has 0 amide bonds. The largest absolute Gasteiger partial charge is 0.497 e. The standard InChI is InChI=1S/C18H26N4O4S/c1-20-12-14(11-19-20)13-21(2)27(23,24)22-9-5-6-17(22)16-10-15(25-3)7-8-18(16)26-4/h7-8,10-12,17H,5-6,9,13H2,1-4H3. The van der Waals surface area contributed by atoms with E-state index < -0.39 is 10.2 Å². The zero-order valence-electron chi connectivity index (χ0n) is 16.1. The molecule has 2 heterocycles. The number of hydrogen-bond donors (Lipinski definition) is 0. The molecule has 1 atom stereocenters. The Kier molecular flexibility index (Phi) is 5.73. The summed E-state index contributed by atoms with van der Waals surface area (Å²) >= 11 is 0. The summed E-state index contributed by atoms with van der Waals surface area (Å²) in [6.07, 6.45) is 5.03. The number of benzene rings is 1. The van der Waals surface area contributed by atoms with Crippen molar-refractivity contribution in [1.29, 1.82) is 0 Å². The topological polar surface area (TPSA) is 76.9 Å². The van der Waals surface area contributed by atoms with Gasteiger partial charge in [0.15, 0.2) is 0 Å². The monoisotopic (exact) mass is 394 g/mol. The third-order valence-electron chi connectivity index (χ3n) is 4.85. The molecule has 0 spiro atoms. The minimum atomic E-state index is -3.64. The second-order valence-electron chi connectivity index (χ2n) is 6.66. The fourth-order valence-electron chi connectivity index (χ4n) is 3.50. The van der Waals surface area contributed by atoms with E-state index in [1.165, 1.54) is 4.31 Å². The van der Waals surface area contributed by atoms with Crippen LogP contribution in [0.3, 0.4) is 0 Å². The molecule has 0 N–H and O–H groups in total. The Morgan fingerprint density at radius 3 is 2.70 bits per heavy atom. The quantitative estimate of drug-likeness (QED) is 0.717. The van der Waals surface area contributed by atoms with Crippen LogP contribution in [0, 0.1) is 0 Å². The fraction of sp³-hybridized carbons (Fsp3) is 0.500. The van der Waals surface area contributed by atoms with Crippen molar-refractivity contribution in [2.75, 3.05) is 27.8 Å². The Hall–Kier alpha value is -2.10. The molecule has 1 saturated heterocycles. The minimum absolute atomic E-state index is 0.272. The lowest BCUT2D eigenvalue weighted by Crippen LogP contribution is -2.41. The van der Waals surface area contributed by atoms with Crippen LogP contribution < -0.4 is 9.47 Å². The van der Waals surface area contributed by atoms with Crippen molar-refractivity contribution in [3.05, 3.63) is 41.7 Å². The normalized spacial score (nSPS) is 18.2. The summed E-state index contributed by atoms with van der Waals surface area (Å²) < 4.78 is 41.9. The molecule has 1 aromatic carbocycles. The van der Waals surface area contributed by atoms with E-state index in [2.05, 4.69) is 5.10 Å². The lowest BCUT2D eigenvalue weighted by atomic mass is 10.0. The molecule has 27 heavy (non-hydrogen) atoms. The van der Waals surface area contributed by atoms with Crippen LogP contribution in [0.5, 0.6) is 11.5 Å². The van der Waals surface area contributed by atoms with E-state index in [-0.39, 0.29) is 12.6 Å². The first-order valence-corrected chi connectivity index (χ1v) is 10.2. The summed E-state index contributed by atoms with van der Waals surface area (Å²) in [5.41, 5.74) is 1.67. The molecule has 0 bridgehead atoms. The molecule has 1 fully saturated rings. The molecule has 148 valence electrons. The molecule has 1 unspecified atom stereocenters. The van der Waals surface area contributed by atoms with E-state index >= 15 is 0 Å². The summed E-state index contributed by atoms with van der Waals surface area (Å²) in [7, 11) is 2.96. The van der Waals surface area contributed by atoms with E-state index in [0.717, 1.165) is 24.0 Å². The van der Waals surface area contributed by atoms with Crippen molar-refractivity contribution in [3.8, 4) is 11.5 Å². The molecule has 1 aliphatic rings. The van der Waals surface area contributed by atoms with E-state index in [1.807, 2.05) is 31.4 Å². The highest BCUT2D eigenvalue weighted by Gasteiger charge is 2.39. The van der Waals surface area contributed by atoms with Gasteiger partial charge in [-0.25, -0.2) is 0 Å². The average molecular weight is 394 g/mol. The lowest BCUT2D eigenvalue weighted by molar-refractivity contribution is 0.332. The molecular formula is C18H26N4O4S. The summed E-state index contributed by atoms with van der Waals surface area (Å²) in [4.78, 5) is 0. The van der Waals surface area contributed by atoms with Gasteiger partial charge >= 0.3 is 0 Å². The van der Waals surface area contributed by atoms with Crippen LogP contribution in [-0.2, 0) is 23.8 Å². The van der Waals surface area contributed by atoms with Gasteiger partial charge < -0.3 is 9.47 Å². The van der Waals surface area contributed by atoms with Gasteiger partial charge in [-0.05, 0) is 31.0 Å². The van der Waals surface area contributed by atoms with Gasteiger partial charge in [-0.3, -0.25) is 4.68 Å². The number of hydrogen-bond acceptors (Lipinski definition) is 5. The van der Waals surface area contributed by atoms with Crippen LogP contribution in [0.1, 0.15) is 30.0 Å². The Morgan fingerprint density at radius 2 is 2.07 bits per heavy atom. The number of rotatable bonds is 7. The Labute approximate surface area is 160 Å². The molecule has 2 aromatic rings. The highest BCUT2D eigenvalue weighted by atomic mass is 32.2. The third-order valence-corrected chi connectivity index (χ3v) is 6.80. The zero-order chi connectivity index (χ0) is 19.6. The maximum absolute atomic E-state index is 13.2. The van der Waals surface area contributed by atoms with E-state index in [1.54, 1.807) is 36.5 Å². The minimum Gasteiger partial charge on any atom is -0.497 e. The van der Waals surface area contributed by atoms with Gasteiger partial charge in [0, 0.05) is 44.5 Å². The van der Waals surface area contributed by atoms with Crippen LogP contribution in [0.2, 0.25) is 0 Å². The van der Waals surface area contributed by atoms with Crippen LogP contribution in [0.15, 0.2) is 30.6 Å². The number of ether oxygens (including phenoxy) is 2. The SMILES string of the molecule is COc1ccc(OC)c(C2CCCN2S(=O)(=O)N(C)Cc2cnn(C)c2)c1. The maximum Gasteiger partial charge on any atom is 0.282 e. The fourth-order valence-corrected chi connectivity index (χ4v) is 5.07. The molecule has 9 heteroatoms. The van der Waals surface area contributed by atoms with Crippen LogP contribution in [-0.4, -0.2) is 54.6 Å². The van der Waals surface area contributed by atoms with Crippen molar-refractivity contribution >= 4 is 10.2 Å². The maximum atomic E-state index is 13.2. The van der Waals surface area contributed by atoms with E-state index in [9.17, 15) is 8.42 Å². The van der Waals surface area contributed by atoms with Crippen LogP contribution >= 0.6 is 0 Å². The van der Waals surface area contributed by atoms with Crippen LogP contribution in [0.4, 0.5) is 0 Å². The smallest absolute Gasteiger partial charge is 0.282 e. The van der Waals surface area contributed by atoms with Crippen molar-refractivity contribution in [2.45, 2.75) is 25.4 Å². The number of aromatic nitrogens is 2. The van der Waals surface area contributed by atoms with Gasteiger partial charge in [-0.2, -0.15) is 22.1 Å². The highest BCUT2D eigenvalue weighted by molar-refractivity contribution is 7.86. The van der Waals surface area contributed by atoms with Crippen LogP contribution in [0.25, 0.3) is 0 Å². The van der Waals surface area contributed by atoms with E-state index in [4.69, 9.17) is 9.47 Å². The third kappa shape index (κ3) is 3.95. The molecule has 3 rings (SSSR count). The van der Waals surface area contributed by atoms with Gasteiger partial charge in [-0.15, -0.1) is 0 Å². The van der Waals surface area contributed by atoms with Crippen molar-refractivity contribution in [1.82, 2.24) is 18.4 Å². The second-order valence-corrected chi connectivity index (χ2v) is 8.65.